The summed E-state index contributed by atoms with van der Waals surface area (Å²) in [6.45, 7) is 2.82. The van der Waals surface area contributed by atoms with E-state index in [9.17, 15) is 4.79 Å². The zero-order valence-corrected chi connectivity index (χ0v) is 11.0. The molecule has 1 aliphatic heterocycles. The van der Waals surface area contributed by atoms with E-state index in [-0.39, 0.29) is 6.09 Å². The van der Waals surface area contributed by atoms with Crippen LogP contribution in [0.5, 0.6) is 0 Å². The number of hydrogen-bond donors (Lipinski definition) is 1. The fraction of sp³-hybridized carbons (Fsp3) is 0.533. The fourth-order valence-corrected chi connectivity index (χ4v) is 3.23. The second-order valence-corrected chi connectivity index (χ2v) is 5.51. The summed E-state index contributed by atoms with van der Waals surface area (Å²) in [5.41, 5.74) is 6.60. The third kappa shape index (κ3) is 2.59. The van der Waals surface area contributed by atoms with Crippen LogP contribution in [0.25, 0.3) is 0 Å². The number of amides is 1. The van der Waals surface area contributed by atoms with Gasteiger partial charge in [-0.3, -0.25) is 0 Å². The summed E-state index contributed by atoms with van der Waals surface area (Å²) in [7, 11) is 0. The third-order valence-electron chi connectivity index (χ3n) is 4.33. The van der Waals surface area contributed by atoms with Gasteiger partial charge in [-0.25, -0.2) is 4.79 Å². The molecule has 0 radical (unpaired) electrons. The summed E-state index contributed by atoms with van der Waals surface area (Å²) in [5, 5.41) is 0. The van der Waals surface area contributed by atoms with E-state index in [1.165, 1.54) is 0 Å². The zero-order chi connectivity index (χ0) is 13.2. The van der Waals surface area contributed by atoms with Crippen LogP contribution in [-0.2, 0) is 11.3 Å². The summed E-state index contributed by atoms with van der Waals surface area (Å²) >= 11 is 0. The maximum absolute atomic E-state index is 11.9. The molecular formula is C15H20N2O2. The van der Waals surface area contributed by atoms with Crippen LogP contribution in [0, 0.1) is 17.8 Å². The molecule has 0 aromatic heterocycles. The molecule has 102 valence electrons. The largest absolute Gasteiger partial charge is 0.445 e. The first-order valence-corrected chi connectivity index (χ1v) is 6.95. The Kier molecular flexibility index (Phi) is 3.42. The van der Waals surface area contributed by atoms with Crippen LogP contribution < -0.4 is 5.73 Å². The SMILES string of the molecule is NCCC1C2CN(C(=O)OCc3ccccc3)CC12. The first kappa shape index (κ1) is 12.5. The van der Waals surface area contributed by atoms with Gasteiger partial charge in [-0.2, -0.15) is 0 Å². The van der Waals surface area contributed by atoms with E-state index in [0.29, 0.717) is 18.4 Å². The lowest BCUT2D eigenvalue weighted by Crippen LogP contribution is -2.32. The summed E-state index contributed by atoms with van der Waals surface area (Å²) < 4.78 is 5.34. The van der Waals surface area contributed by atoms with Crippen molar-refractivity contribution in [2.75, 3.05) is 19.6 Å². The van der Waals surface area contributed by atoms with E-state index >= 15 is 0 Å². The number of nitrogens with zero attached hydrogens (tertiary/aromatic N) is 1. The Morgan fingerprint density at radius 2 is 1.95 bits per heavy atom. The number of hydrogen-bond acceptors (Lipinski definition) is 3. The van der Waals surface area contributed by atoms with Gasteiger partial charge >= 0.3 is 6.09 Å². The fourth-order valence-electron chi connectivity index (χ4n) is 3.23. The van der Waals surface area contributed by atoms with Crippen molar-refractivity contribution in [3.05, 3.63) is 35.9 Å². The van der Waals surface area contributed by atoms with Gasteiger partial charge in [0.05, 0.1) is 0 Å². The smallest absolute Gasteiger partial charge is 0.410 e. The number of carbonyl (C=O) groups excluding carboxylic acids is 1. The highest BCUT2D eigenvalue weighted by molar-refractivity contribution is 5.68. The standard InChI is InChI=1S/C15H20N2O2/c16-7-6-12-13-8-17(9-14(12)13)15(18)19-10-11-4-2-1-3-5-11/h1-5,12-14H,6-10,16H2. The Balaban J connectivity index is 1.44. The Morgan fingerprint density at radius 3 is 2.58 bits per heavy atom. The number of likely N-dealkylation sites (tertiary alicyclic amines) is 1. The van der Waals surface area contributed by atoms with Gasteiger partial charge in [0.15, 0.2) is 0 Å². The molecule has 1 heterocycles. The number of nitrogens with two attached hydrogens (primary N) is 1. The van der Waals surface area contributed by atoms with Gasteiger partial charge in [0.2, 0.25) is 0 Å². The van der Waals surface area contributed by atoms with Crippen LogP contribution >= 0.6 is 0 Å². The van der Waals surface area contributed by atoms with E-state index in [1.54, 1.807) is 0 Å². The highest BCUT2D eigenvalue weighted by Crippen LogP contribution is 2.53. The Bertz CT molecular complexity index is 437. The highest BCUT2D eigenvalue weighted by atomic mass is 16.6. The van der Waals surface area contributed by atoms with E-state index in [0.717, 1.165) is 37.5 Å². The molecule has 2 atom stereocenters. The maximum Gasteiger partial charge on any atom is 0.410 e. The minimum atomic E-state index is -0.178. The van der Waals surface area contributed by atoms with Gasteiger partial charge in [0.1, 0.15) is 6.61 Å². The molecule has 2 N–H and O–H groups in total. The number of ether oxygens (including phenoxy) is 1. The average Bonchev–Trinajstić information content (AvgIpc) is 2.89. The Labute approximate surface area is 113 Å². The summed E-state index contributed by atoms with van der Waals surface area (Å²) in [5.74, 6) is 2.10. The van der Waals surface area contributed by atoms with Crippen LogP contribution in [0.3, 0.4) is 0 Å². The van der Waals surface area contributed by atoms with E-state index < -0.39 is 0 Å². The second-order valence-electron chi connectivity index (χ2n) is 5.51. The first-order chi connectivity index (χ1) is 9.29. The van der Waals surface area contributed by atoms with Crippen molar-refractivity contribution in [3.63, 3.8) is 0 Å². The van der Waals surface area contributed by atoms with Gasteiger partial charge in [0.25, 0.3) is 0 Å². The molecule has 3 rings (SSSR count). The first-order valence-electron chi connectivity index (χ1n) is 6.95. The lowest BCUT2D eigenvalue weighted by atomic mass is 10.2. The summed E-state index contributed by atoms with van der Waals surface area (Å²) in [4.78, 5) is 13.8. The Hall–Kier alpha value is -1.55. The van der Waals surface area contributed by atoms with Crippen molar-refractivity contribution < 1.29 is 9.53 Å². The molecular weight excluding hydrogens is 240 g/mol. The van der Waals surface area contributed by atoms with E-state index in [4.69, 9.17) is 10.5 Å². The van der Waals surface area contributed by atoms with Gasteiger partial charge in [-0.1, -0.05) is 30.3 Å². The van der Waals surface area contributed by atoms with Crippen LogP contribution in [0.2, 0.25) is 0 Å². The number of benzene rings is 1. The van der Waals surface area contributed by atoms with E-state index in [1.807, 2.05) is 35.2 Å². The summed E-state index contributed by atoms with van der Waals surface area (Å²) in [6, 6.07) is 9.78. The predicted molar refractivity (Wildman–Crippen MR) is 72.3 cm³/mol. The monoisotopic (exact) mass is 260 g/mol. The average molecular weight is 260 g/mol. The number of rotatable bonds is 4. The minimum absolute atomic E-state index is 0.178. The Morgan fingerprint density at radius 1 is 1.26 bits per heavy atom. The zero-order valence-electron chi connectivity index (χ0n) is 11.0. The van der Waals surface area contributed by atoms with Crippen molar-refractivity contribution >= 4 is 6.09 Å². The number of fused-ring (bicyclic) bond motifs is 1. The van der Waals surface area contributed by atoms with Crippen LogP contribution in [0.4, 0.5) is 4.79 Å². The van der Waals surface area contributed by atoms with Crippen LogP contribution in [0.15, 0.2) is 30.3 Å². The molecule has 1 aromatic carbocycles. The van der Waals surface area contributed by atoms with Crippen molar-refractivity contribution in [1.29, 1.82) is 0 Å². The molecule has 2 fully saturated rings. The maximum atomic E-state index is 11.9. The molecule has 19 heavy (non-hydrogen) atoms. The molecule has 4 nitrogen and oxygen atoms in total. The van der Waals surface area contributed by atoms with Crippen molar-refractivity contribution in [2.24, 2.45) is 23.5 Å². The normalized spacial score (nSPS) is 28.1. The second kappa shape index (κ2) is 5.21. The van der Waals surface area contributed by atoms with Crippen molar-refractivity contribution in [2.45, 2.75) is 13.0 Å². The predicted octanol–water partition coefficient (Wildman–Crippen LogP) is 1.85. The van der Waals surface area contributed by atoms with Gasteiger partial charge in [-0.05, 0) is 36.3 Å². The van der Waals surface area contributed by atoms with Crippen LogP contribution in [0.1, 0.15) is 12.0 Å². The molecule has 2 unspecified atom stereocenters. The van der Waals surface area contributed by atoms with Crippen molar-refractivity contribution in [3.8, 4) is 0 Å². The van der Waals surface area contributed by atoms with Crippen molar-refractivity contribution in [1.82, 2.24) is 4.90 Å². The molecule has 1 saturated carbocycles. The molecule has 2 aliphatic rings. The van der Waals surface area contributed by atoms with Gasteiger partial charge in [0, 0.05) is 13.1 Å². The molecule has 1 aromatic rings. The molecule has 1 aliphatic carbocycles. The lowest BCUT2D eigenvalue weighted by molar-refractivity contribution is 0.0985. The minimum Gasteiger partial charge on any atom is -0.445 e. The molecule has 1 saturated heterocycles. The lowest BCUT2D eigenvalue weighted by Gasteiger charge is -2.19. The molecule has 1 amide bonds. The summed E-state index contributed by atoms with van der Waals surface area (Å²) in [6.07, 6.45) is 0.921. The van der Waals surface area contributed by atoms with Crippen LogP contribution in [-0.4, -0.2) is 30.6 Å². The number of carbonyl (C=O) groups is 1. The van der Waals surface area contributed by atoms with Gasteiger partial charge in [-0.15, -0.1) is 0 Å². The van der Waals surface area contributed by atoms with Gasteiger partial charge < -0.3 is 15.4 Å². The quantitative estimate of drug-likeness (QED) is 0.899. The molecule has 4 heteroatoms. The number of piperidine rings is 1. The third-order valence-corrected chi connectivity index (χ3v) is 4.33. The van der Waals surface area contributed by atoms with E-state index in [2.05, 4.69) is 0 Å². The molecule has 0 spiro atoms. The topological polar surface area (TPSA) is 55.6 Å². The molecule has 0 bridgehead atoms. The highest BCUT2D eigenvalue weighted by Gasteiger charge is 2.55.